The van der Waals surface area contributed by atoms with Gasteiger partial charge in [0.05, 0.1) is 6.61 Å². The standard InChI is InChI=1S/C34H60O5/c1-3-5-7-9-11-13-15-17-19-21-23-25-27-29-34(37)39-32(30-35)31-38-33(36)28-26-24-22-20-18-16-14-12-10-8-6-4-2/h7,9,12-15,32,35H,3-6,8,10-11,16-31H2,1-2H3/b9-7-,14-12-,15-13-. The predicted molar refractivity (Wildman–Crippen MR) is 164 cm³/mol. The number of aliphatic hydroxyl groups is 1. The molecule has 0 amide bonds. The van der Waals surface area contributed by atoms with Crippen molar-refractivity contribution in [2.24, 2.45) is 0 Å². The highest BCUT2D eigenvalue weighted by molar-refractivity contribution is 5.70. The van der Waals surface area contributed by atoms with Crippen molar-refractivity contribution in [3.8, 4) is 0 Å². The van der Waals surface area contributed by atoms with Crippen LogP contribution in [0.5, 0.6) is 0 Å². The van der Waals surface area contributed by atoms with Crippen LogP contribution >= 0.6 is 0 Å². The van der Waals surface area contributed by atoms with E-state index in [0.29, 0.717) is 12.8 Å². The second-order valence-corrected chi connectivity index (χ2v) is 10.5. The lowest BCUT2D eigenvalue weighted by Gasteiger charge is -2.15. The Morgan fingerprint density at radius 3 is 1.64 bits per heavy atom. The monoisotopic (exact) mass is 548 g/mol. The molecule has 5 heteroatoms. The molecule has 0 saturated carbocycles. The molecule has 0 bridgehead atoms. The Bertz CT molecular complexity index is 637. The van der Waals surface area contributed by atoms with Gasteiger partial charge in [0.1, 0.15) is 6.61 Å². The van der Waals surface area contributed by atoms with Crippen molar-refractivity contribution < 1.29 is 24.2 Å². The first-order chi connectivity index (χ1) is 19.1. The summed E-state index contributed by atoms with van der Waals surface area (Å²) < 4.78 is 10.5. The number of esters is 2. The molecule has 39 heavy (non-hydrogen) atoms. The highest BCUT2D eigenvalue weighted by atomic mass is 16.6. The van der Waals surface area contributed by atoms with Gasteiger partial charge in [0.15, 0.2) is 6.10 Å². The number of allylic oxidation sites excluding steroid dienone is 6. The fraction of sp³-hybridized carbons (Fsp3) is 0.765. The van der Waals surface area contributed by atoms with E-state index in [1.807, 2.05) is 0 Å². The van der Waals surface area contributed by atoms with Gasteiger partial charge in [0, 0.05) is 12.8 Å². The van der Waals surface area contributed by atoms with E-state index in [2.05, 4.69) is 50.3 Å². The van der Waals surface area contributed by atoms with Crippen molar-refractivity contribution in [2.75, 3.05) is 13.2 Å². The smallest absolute Gasteiger partial charge is 0.306 e. The minimum atomic E-state index is -0.778. The molecule has 0 aromatic carbocycles. The molecule has 0 aromatic rings. The Balaban J connectivity index is 3.64. The number of carbonyl (C=O) groups is 2. The third-order valence-electron chi connectivity index (χ3n) is 6.64. The van der Waals surface area contributed by atoms with E-state index in [-0.39, 0.29) is 25.2 Å². The summed E-state index contributed by atoms with van der Waals surface area (Å²) in [4.78, 5) is 24.0. The van der Waals surface area contributed by atoms with Gasteiger partial charge in [-0.05, 0) is 64.2 Å². The van der Waals surface area contributed by atoms with Gasteiger partial charge in [-0.3, -0.25) is 9.59 Å². The van der Waals surface area contributed by atoms with Crippen molar-refractivity contribution in [2.45, 2.75) is 155 Å². The average Bonchev–Trinajstić information content (AvgIpc) is 2.94. The van der Waals surface area contributed by atoms with Gasteiger partial charge in [-0.15, -0.1) is 0 Å². The summed E-state index contributed by atoms with van der Waals surface area (Å²) in [6, 6.07) is 0. The van der Waals surface area contributed by atoms with Gasteiger partial charge in [-0.2, -0.15) is 0 Å². The summed E-state index contributed by atoms with van der Waals surface area (Å²) in [5.41, 5.74) is 0. The normalized spacial score (nSPS) is 12.6. The van der Waals surface area contributed by atoms with Crippen LogP contribution in [0.3, 0.4) is 0 Å². The molecule has 0 radical (unpaired) electrons. The zero-order valence-electron chi connectivity index (χ0n) is 25.4. The molecule has 1 N–H and O–H groups in total. The van der Waals surface area contributed by atoms with Crippen molar-refractivity contribution in [1.29, 1.82) is 0 Å². The zero-order valence-corrected chi connectivity index (χ0v) is 25.4. The minimum absolute atomic E-state index is 0.0758. The van der Waals surface area contributed by atoms with Gasteiger partial charge in [-0.25, -0.2) is 0 Å². The molecule has 1 unspecified atom stereocenters. The molecule has 0 saturated heterocycles. The maximum atomic E-state index is 12.1. The van der Waals surface area contributed by atoms with Crippen molar-refractivity contribution in [3.05, 3.63) is 36.5 Å². The number of unbranched alkanes of at least 4 members (excludes halogenated alkanes) is 14. The van der Waals surface area contributed by atoms with Gasteiger partial charge in [0.25, 0.3) is 0 Å². The lowest BCUT2D eigenvalue weighted by atomic mass is 10.1. The van der Waals surface area contributed by atoms with Crippen LogP contribution in [0.1, 0.15) is 149 Å². The van der Waals surface area contributed by atoms with Crippen LogP contribution in [-0.4, -0.2) is 36.4 Å². The van der Waals surface area contributed by atoms with Crippen molar-refractivity contribution >= 4 is 11.9 Å². The first kappa shape index (κ1) is 37.1. The molecular weight excluding hydrogens is 488 g/mol. The Morgan fingerprint density at radius 1 is 0.590 bits per heavy atom. The summed E-state index contributed by atoms with van der Waals surface area (Å²) in [6.07, 6.45) is 34.8. The third kappa shape index (κ3) is 28.9. The molecule has 0 spiro atoms. The van der Waals surface area contributed by atoms with Crippen molar-refractivity contribution in [3.63, 3.8) is 0 Å². The quantitative estimate of drug-likeness (QED) is 0.0599. The molecule has 0 aliphatic rings. The van der Waals surface area contributed by atoms with Crippen molar-refractivity contribution in [1.82, 2.24) is 0 Å². The minimum Gasteiger partial charge on any atom is -0.462 e. The fourth-order valence-electron chi connectivity index (χ4n) is 4.17. The number of rotatable bonds is 28. The molecule has 0 aliphatic heterocycles. The number of carbonyl (C=O) groups excluding carboxylic acids is 2. The molecule has 0 rings (SSSR count). The summed E-state index contributed by atoms with van der Waals surface area (Å²) in [5, 5.41) is 9.48. The lowest BCUT2D eigenvalue weighted by Crippen LogP contribution is -2.28. The highest BCUT2D eigenvalue weighted by Crippen LogP contribution is 2.11. The third-order valence-corrected chi connectivity index (χ3v) is 6.64. The van der Waals surface area contributed by atoms with E-state index >= 15 is 0 Å². The molecule has 5 nitrogen and oxygen atoms in total. The van der Waals surface area contributed by atoms with E-state index in [0.717, 1.165) is 70.6 Å². The highest BCUT2D eigenvalue weighted by Gasteiger charge is 2.16. The van der Waals surface area contributed by atoms with Crippen LogP contribution in [0, 0.1) is 0 Å². The maximum Gasteiger partial charge on any atom is 0.306 e. The first-order valence-corrected chi connectivity index (χ1v) is 16.0. The van der Waals surface area contributed by atoms with Crippen LogP contribution in [-0.2, 0) is 19.1 Å². The summed E-state index contributed by atoms with van der Waals surface area (Å²) >= 11 is 0. The van der Waals surface area contributed by atoms with E-state index < -0.39 is 6.10 Å². The van der Waals surface area contributed by atoms with Crippen LogP contribution in [0.4, 0.5) is 0 Å². The largest absolute Gasteiger partial charge is 0.462 e. The molecule has 0 aromatic heterocycles. The lowest BCUT2D eigenvalue weighted by molar-refractivity contribution is -0.161. The number of ether oxygens (including phenoxy) is 2. The number of hydrogen-bond acceptors (Lipinski definition) is 5. The summed E-state index contributed by atoms with van der Waals surface area (Å²) in [5.74, 6) is -0.623. The van der Waals surface area contributed by atoms with Crippen LogP contribution < -0.4 is 0 Å². The van der Waals surface area contributed by atoms with Crippen LogP contribution in [0.15, 0.2) is 36.5 Å². The number of aliphatic hydroxyl groups excluding tert-OH is 1. The fourth-order valence-corrected chi connectivity index (χ4v) is 4.17. The first-order valence-electron chi connectivity index (χ1n) is 16.0. The van der Waals surface area contributed by atoms with Gasteiger partial charge in [0.2, 0.25) is 0 Å². The van der Waals surface area contributed by atoms with Gasteiger partial charge < -0.3 is 14.6 Å². The molecular formula is C34H60O5. The van der Waals surface area contributed by atoms with E-state index in [9.17, 15) is 14.7 Å². The molecule has 1 atom stereocenters. The molecule has 0 aliphatic carbocycles. The second-order valence-electron chi connectivity index (χ2n) is 10.5. The van der Waals surface area contributed by atoms with Gasteiger partial charge in [-0.1, -0.05) is 108 Å². The Morgan fingerprint density at radius 2 is 1.08 bits per heavy atom. The van der Waals surface area contributed by atoms with E-state index in [1.54, 1.807) is 0 Å². The predicted octanol–water partition coefficient (Wildman–Crippen LogP) is 9.33. The SMILES string of the molecule is CCC/C=C\C/C=C\CCCCCCCC(=O)OC(CO)COC(=O)CCCCCCC/C=C\CCCCC. The number of hydrogen-bond donors (Lipinski definition) is 1. The molecule has 0 heterocycles. The van der Waals surface area contributed by atoms with Crippen LogP contribution in [0.25, 0.3) is 0 Å². The summed E-state index contributed by atoms with van der Waals surface area (Å²) in [6.45, 7) is 4.00. The van der Waals surface area contributed by atoms with Gasteiger partial charge >= 0.3 is 11.9 Å². The Kier molecular flexibility index (Phi) is 29.2. The van der Waals surface area contributed by atoms with E-state index in [4.69, 9.17) is 9.47 Å². The average molecular weight is 549 g/mol. The van der Waals surface area contributed by atoms with Crippen LogP contribution in [0.2, 0.25) is 0 Å². The van der Waals surface area contributed by atoms with E-state index in [1.165, 1.54) is 51.4 Å². The Hall–Kier alpha value is -1.88. The second kappa shape index (κ2) is 30.7. The topological polar surface area (TPSA) is 72.8 Å². The summed E-state index contributed by atoms with van der Waals surface area (Å²) in [7, 11) is 0. The molecule has 0 fully saturated rings. The zero-order chi connectivity index (χ0) is 28.7. The maximum absolute atomic E-state index is 12.1. The molecule has 226 valence electrons. The Labute approximate surface area is 240 Å².